The molecule has 4 nitrogen and oxygen atoms in total. The van der Waals surface area contributed by atoms with Gasteiger partial charge in [-0.3, -0.25) is 0 Å². The van der Waals surface area contributed by atoms with Crippen LogP contribution in [0.3, 0.4) is 0 Å². The summed E-state index contributed by atoms with van der Waals surface area (Å²) in [6.07, 6.45) is -8.88. The summed E-state index contributed by atoms with van der Waals surface area (Å²) < 4.78 is 365. The Hall–Kier alpha value is -1.88. The van der Waals surface area contributed by atoms with Crippen LogP contribution in [0.25, 0.3) is 0 Å². The number of hydrogen-bond donors (Lipinski definition) is 0. The van der Waals surface area contributed by atoms with Gasteiger partial charge in [-0.15, -0.1) is 0 Å². The second-order valence-corrected chi connectivity index (χ2v) is 13.1. The Labute approximate surface area is 269 Å². The monoisotopic (exact) mass is 841 g/mol. The molecule has 0 radical (unpaired) electrons. The molecule has 0 aliphatic rings. The second-order valence-electron chi connectivity index (χ2n) is 11.1. The molecule has 0 atom stereocenters. The van der Waals surface area contributed by atoms with Crippen molar-refractivity contribution in [2.75, 3.05) is 40.3 Å². The third-order valence-corrected chi connectivity index (χ3v) is 9.34. The van der Waals surface area contributed by atoms with E-state index in [1.54, 1.807) is 0 Å². The standard InChI is InChI=1S/C21H22F25N2O2S/c1-5-47(8-7-9-48(3,4)6-2)51(49,50)21(45,46)19(40,41)17(36,37)15(32,33)13(28,29)11(24,25)10(22,23)12(26,27)14(30,31)16(34,35)18(38,39)20(42,43)44/h5-9H2,1-4H3/q+1. The highest BCUT2D eigenvalue weighted by Crippen LogP contribution is 2.68. The van der Waals surface area contributed by atoms with Crippen LogP contribution in [-0.4, -0.2) is 128 Å². The van der Waals surface area contributed by atoms with Gasteiger partial charge in [0.05, 0.1) is 27.2 Å². The molecule has 0 aromatic rings. The third kappa shape index (κ3) is 6.64. The summed E-state index contributed by atoms with van der Waals surface area (Å²) in [7, 11) is -4.82. The van der Waals surface area contributed by atoms with Crippen LogP contribution >= 0.6 is 0 Å². The molecule has 30 heteroatoms. The van der Waals surface area contributed by atoms with Crippen molar-refractivity contribution in [2.45, 2.75) is 90.9 Å². The SMILES string of the molecule is CCN(CCC[N+](C)(C)CC)S(=O)(=O)C(F)(F)C(F)(F)C(F)(F)C(F)(F)C(F)(F)C(F)(F)C(F)(F)C(F)(F)C(F)(F)C(F)(F)C(F)(F)C(F)(F)F. The smallest absolute Gasteiger partial charge is 0.329 e. The number of rotatable bonds is 18. The zero-order valence-electron chi connectivity index (χ0n) is 25.1. The third-order valence-electron chi connectivity index (χ3n) is 7.31. The summed E-state index contributed by atoms with van der Waals surface area (Å²) in [5.41, 5.74) is 0. The van der Waals surface area contributed by atoms with E-state index in [9.17, 15) is 118 Å². The molecule has 0 saturated carbocycles. The summed E-state index contributed by atoms with van der Waals surface area (Å²) in [4.78, 5) is 0. The van der Waals surface area contributed by atoms with Crippen LogP contribution in [0.4, 0.5) is 110 Å². The number of hydrogen-bond acceptors (Lipinski definition) is 2. The van der Waals surface area contributed by atoms with Crippen LogP contribution in [0.5, 0.6) is 0 Å². The van der Waals surface area contributed by atoms with Gasteiger partial charge < -0.3 is 4.48 Å². The lowest BCUT2D eigenvalue weighted by molar-refractivity contribution is -0.888. The summed E-state index contributed by atoms with van der Waals surface area (Å²) in [5, 5.41) is -7.89. The van der Waals surface area contributed by atoms with Crippen LogP contribution in [-0.2, 0) is 10.0 Å². The van der Waals surface area contributed by atoms with Gasteiger partial charge in [-0.25, -0.2) is 8.42 Å². The normalized spacial score (nSPS) is 16.7. The Morgan fingerprint density at radius 1 is 0.451 bits per heavy atom. The fourth-order valence-corrected chi connectivity index (χ4v) is 5.03. The predicted octanol–water partition coefficient (Wildman–Crippen LogP) is 8.63. The molecule has 0 amide bonds. The minimum atomic E-state index is -9.73. The van der Waals surface area contributed by atoms with Crippen molar-refractivity contribution in [3.05, 3.63) is 0 Å². The minimum absolute atomic E-state index is 0.101. The molecule has 308 valence electrons. The van der Waals surface area contributed by atoms with Crippen molar-refractivity contribution in [1.82, 2.24) is 4.31 Å². The van der Waals surface area contributed by atoms with Crippen molar-refractivity contribution in [3.8, 4) is 0 Å². The Kier molecular flexibility index (Phi) is 12.7. The highest BCUT2D eigenvalue weighted by Gasteiger charge is 3.00. The van der Waals surface area contributed by atoms with Crippen molar-refractivity contribution in [3.63, 3.8) is 0 Å². The quantitative estimate of drug-likeness (QED) is 0.103. The molecular weight excluding hydrogens is 819 g/mol. The van der Waals surface area contributed by atoms with E-state index >= 15 is 0 Å². The lowest BCUT2D eigenvalue weighted by Gasteiger charge is -2.45. The van der Waals surface area contributed by atoms with Gasteiger partial charge in [0.15, 0.2) is 0 Å². The topological polar surface area (TPSA) is 37.4 Å². The number of alkyl halides is 25. The first kappa shape index (κ1) is 49.1. The lowest BCUT2D eigenvalue weighted by Crippen LogP contribution is -2.78. The average Bonchev–Trinajstić information content (AvgIpc) is 2.93. The number of sulfonamides is 1. The Morgan fingerprint density at radius 2 is 0.706 bits per heavy atom. The van der Waals surface area contributed by atoms with Gasteiger partial charge in [0, 0.05) is 19.5 Å². The van der Waals surface area contributed by atoms with E-state index in [4.69, 9.17) is 0 Å². The van der Waals surface area contributed by atoms with Gasteiger partial charge in [-0.05, 0) is 6.92 Å². The predicted molar refractivity (Wildman–Crippen MR) is 119 cm³/mol. The molecule has 0 aromatic heterocycles. The summed E-state index contributed by atoms with van der Waals surface area (Å²) in [6, 6.07) is 0. The Bertz CT molecular complexity index is 1340. The molecule has 0 N–H and O–H groups in total. The van der Waals surface area contributed by atoms with Crippen LogP contribution in [0.15, 0.2) is 0 Å². The molecule has 0 spiro atoms. The van der Waals surface area contributed by atoms with Gasteiger partial charge in [0.2, 0.25) is 0 Å². The maximum absolute atomic E-state index is 14.5. The molecule has 0 aliphatic carbocycles. The fraction of sp³-hybridized carbons (Fsp3) is 1.00. The molecule has 0 fully saturated rings. The minimum Gasteiger partial charge on any atom is -0.329 e. The van der Waals surface area contributed by atoms with Crippen LogP contribution in [0.1, 0.15) is 20.3 Å². The van der Waals surface area contributed by atoms with Gasteiger partial charge in [0.25, 0.3) is 10.0 Å². The maximum atomic E-state index is 14.5. The van der Waals surface area contributed by atoms with Gasteiger partial charge in [-0.2, -0.15) is 114 Å². The van der Waals surface area contributed by atoms with Crippen molar-refractivity contribution < 1.29 is 123 Å². The van der Waals surface area contributed by atoms with Crippen LogP contribution in [0.2, 0.25) is 0 Å². The van der Waals surface area contributed by atoms with E-state index in [0.717, 1.165) is 0 Å². The number of quaternary nitrogens is 1. The Morgan fingerprint density at radius 3 is 0.941 bits per heavy atom. The van der Waals surface area contributed by atoms with Crippen LogP contribution < -0.4 is 0 Å². The molecule has 0 rings (SSSR count). The summed E-state index contributed by atoms with van der Waals surface area (Å²) >= 11 is 0. The first-order valence-corrected chi connectivity index (χ1v) is 14.2. The molecule has 0 bridgehead atoms. The van der Waals surface area contributed by atoms with Crippen molar-refractivity contribution in [1.29, 1.82) is 0 Å². The van der Waals surface area contributed by atoms with E-state index in [0.29, 0.717) is 6.92 Å². The zero-order chi connectivity index (χ0) is 42.1. The van der Waals surface area contributed by atoms with Crippen LogP contribution in [0, 0.1) is 0 Å². The van der Waals surface area contributed by atoms with E-state index in [2.05, 4.69) is 0 Å². The van der Waals surface area contributed by atoms with Gasteiger partial charge in [0.1, 0.15) is 0 Å². The second kappa shape index (κ2) is 13.2. The number of nitrogens with zero attached hydrogens (tertiary/aromatic N) is 2. The van der Waals surface area contributed by atoms with Gasteiger partial charge >= 0.3 is 70.7 Å². The van der Waals surface area contributed by atoms with Gasteiger partial charge in [-0.1, -0.05) is 6.92 Å². The van der Waals surface area contributed by atoms with E-state index in [-0.39, 0.29) is 17.6 Å². The number of halogens is 25. The summed E-state index contributed by atoms with van der Waals surface area (Å²) in [5.74, 6) is -93.5. The first-order chi connectivity index (χ1) is 21.7. The van der Waals surface area contributed by atoms with E-state index in [1.807, 2.05) is 0 Å². The highest BCUT2D eigenvalue weighted by atomic mass is 32.2. The molecular formula is C21H22F25N2O2S+. The summed E-state index contributed by atoms with van der Waals surface area (Å²) in [6.45, 7) is -0.947. The molecule has 51 heavy (non-hydrogen) atoms. The zero-order valence-corrected chi connectivity index (χ0v) is 25.9. The van der Waals surface area contributed by atoms with E-state index < -0.39 is 104 Å². The van der Waals surface area contributed by atoms with Crippen molar-refractivity contribution >= 4 is 10.0 Å². The molecule has 0 aromatic carbocycles. The van der Waals surface area contributed by atoms with E-state index in [1.165, 1.54) is 21.0 Å². The fourth-order valence-electron chi connectivity index (χ4n) is 3.54. The lowest BCUT2D eigenvalue weighted by atomic mass is 9.85. The maximum Gasteiger partial charge on any atom is 0.460 e. The first-order valence-electron chi connectivity index (χ1n) is 12.8. The molecule has 0 heterocycles. The molecule has 0 saturated heterocycles. The molecule has 0 aliphatic heterocycles. The Balaban J connectivity index is 7.36. The molecule has 0 unspecified atom stereocenters. The van der Waals surface area contributed by atoms with Crippen molar-refractivity contribution in [2.24, 2.45) is 0 Å². The highest BCUT2D eigenvalue weighted by molar-refractivity contribution is 7.90. The largest absolute Gasteiger partial charge is 0.460 e. The average molecular weight is 841 g/mol.